The summed E-state index contributed by atoms with van der Waals surface area (Å²) in [6, 6.07) is 0. The van der Waals surface area contributed by atoms with Gasteiger partial charge in [-0.3, -0.25) is 0 Å². The van der Waals surface area contributed by atoms with Crippen molar-refractivity contribution < 1.29 is 53.0 Å². The molecule has 0 aliphatic rings. The molecular weight excluding hydrogens is 332 g/mol. The van der Waals surface area contributed by atoms with Crippen molar-refractivity contribution in [3.05, 3.63) is 0 Å². The third kappa shape index (κ3) is 702. The van der Waals surface area contributed by atoms with E-state index in [1.54, 1.807) is 0 Å². The normalized spacial score (nSPS) is 5.75. The fraction of sp³-hybridized carbons (Fsp3) is 0.308. The second-order valence-corrected chi connectivity index (χ2v) is 1.51. The second kappa shape index (κ2) is 459. The number of hydrogen-bond donors (Lipinski definition) is 1. The molecule has 0 aromatic carbocycles. The Balaban J connectivity index is -0.0000000172. The lowest BCUT2D eigenvalue weighted by Crippen LogP contribution is -2.13. The third-order valence-corrected chi connectivity index (χ3v) is 0.727. The first-order valence-electron chi connectivity index (χ1n) is 4.72. The van der Waals surface area contributed by atoms with Crippen molar-refractivity contribution in [1.82, 2.24) is 0 Å². The van der Waals surface area contributed by atoms with Crippen molar-refractivity contribution in [3.63, 3.8) is 0 Å². The van der Waals surface area contributed by atoms with Gasteiger partial charge in [-0.2, -0.15) is 0 Å². The first kappa shape index (κ1) is 58.4. The number of carbonyl (C=O) groups excluding carboxylic acids is 9. The van der Waals surface area contributed by atoms with E-state index in [2.05, 4.69) is 4.74 Å². The first-order chi connectivity index (χ1) is 11.8. The Hall–Kier alpha value is -3.05. The number of aldehydes is 1. The minimum Gasteiger partial charge on any atom is -0.390 e. The monoisotopic (exact) mass is 358 g/mol. The number of aliphatic hydroxyl groups is 1. The van der Waals surface area contributed by atoms with Crippen molar-refractivity contribution in [2.45, 2.75) is 12.5 Å². The highest BCUT2D eigenvalue weighted by molar-refractivity contribution is 5.49. The molecule has 11 heteroatoms. The van der Waals surface area contributed by atoms with Gasteiger partial charge in [-0.15, -0.1) is 0 Å². The Morgan fingerprint density at radius 2 is 0.917 bits per heavy atom. The molecule has 0 radical (unpaired) electrons. The van der Waals surface area contributed by atoms with Crippen molar-refractivity contribution >= 4 is 60.6 Å². The fourth-order valence-corrected chi connectivity index (χ4v) is 0.372. The van der Waals surface area contributed by atoms with E-state index in [0.29, 0.717) is 6.29 Å². The van der Waals surface area contributed by atoms with E-state index in [4.69, 9.17) is 43.5 Å². The van der Waals surface area contributed by atoms with E-state index in [9.17, 15) is 4.79 Å². The van der Waals surface area contributed by atoms with E-state index in [-0.39, 0.29) is 13.0 Å². The SMILES string of the molecule is C=O.C=O.C=O.C=O.C=O.C=O.C=O.C=O.COCC(O)CC=O. The Morgan fingerprint density at radius 3 is 1.04 bits per heavy atom. The average molecular weight is 358 g/mol. The van der Waals surface area contributed by atoms with Crippen LogP contribution in [0.15, 0.2) is 0 Å². The number of ether oxygens (including phenoxy) is 1. The minimum atomic E-state index is -0.627. The van der Waals surface area contributed by atoms with Gasteiger partial charge in [0.25, 0.3) is 0 Å². The summed E-state index contributed by atoms with van der Waals surface area (Å²) < 4.78 is 4.55. The van der Waals surface area contributed by atoms with E-state index in [1.165, 1.54) is 7.11 Å². The van der Waals surface area contributed by atoms with Gasteiger partial charge >= 0.3 is 0 Å². The van der Waals surface area contributed by atoms with Gasteiger partial charge in [0.2, 0.25) is 0 Å². The van der Waals surface area contributed by atoms with Crippen LogP contribution in [0.4, 0.5) is 0 Å². The minimum absolute atomic E-state index is 0.161. The quantitative estimate of drug-likeness (QED) is 0.554. The maximum Gasteiger partial charge on any atom is 0.122 e. The van der Waals surface area contributed by atoms with Crippen molar-refractivity contribution in [3.8, 4) is 0 Å². The van der Waals surface area contributed by atoms with Gasteiger partial charge in [-0.1, -0.05) is 0 Å². The molecule has 11 nitrogen and oxygen atoms in total. The maximum absolute atomic E-state index is 9.67. The predicted molar refractivity (Wildman–Crippen MR) is 85.5 cm³/mol. The van der Waals surface area contributed by atoms with Gasteiger partial charge in [0.1, 0.15) is 60.6 Å². The van der Waals surface area contributed by atoms with Gasteiger partial charge in [0, 0.05) is 13.5 Å². The van der Waals surface area contributed by atoms with E-state index < -0.39 is 6.10 Å². The highest BCUT2D eigenvalue weighted by Gasteiger charge is 1.99. The first-order valence-corrected chi connectivity index (χ1v) is 4.72. The van der Waals surface area contributed by atoms with Crippen molar-refractivity contribution in [2.75, 3.05) is 13.7 Å². The topological polar surface area (TPSA) is 183 Å². The van der Waals surface area contributed by atoms with E-state index >= 15 is 0 Å². The van der Waals surface area contributed by atoms with Gasteiger partial charge in [0.05, 0.1) is 12.7 Å². The fourth-order valence-electron chi connectivity index (χ4n) is 0.372. The maximum atomic E-state index is 9.67. The summed E-state index contributed by atoms with van der Waals surface area (Å²) in [5.74, 6) is 0. The van der Waals surface area contributed by atoms with Crippen LogP contribution in [0.25, 0.3) is 0 Å². The molecule has 0 heterocycles. The number of rotatable bonds is 4. The Bertz CT molecular complexity index is 137. The van der Waals surface area contributed by atoms with Crippen LogP contribution >= 0.6 is 0 Å². The van der Waals surface area contributed by atoms with Crippen LogP contribution in [-0.2, 0) is 47.9 Å². The predicted octanol–water partition coefficient (Wildman–Crippen LogP) is -1.90. The van der Waals surface area contributed by atoms with Crippen LogP contribution in [0.5, 0.6) is 0 Å². The molecule has 0 rings (SSSR count). The highest BCUT2D eigenvalue weighted by atomic mass is 16.5. The molecule has 1 N–H and O–H groups in total. The summed E-state index contributed by atoms with van der Waals surface area (Å²) >= 11 is 0. The standard InChI is InChI=1S/C5H10O3.8CH2O/c1-8-4-5(7)2-3-6;8*1-2/h3,5,7H,2,4H2,1H3;8*1H2. The van der Waals surface area contributed by atoms with Crippen LogP contribution in [0.1, 0.15) is 6.42 Å². The molecule has 0 aliphatic carbocycles. The number of hydrogen-bond acceptors (Lipinski definition) is 11. The summed E-state index contributed by atoms with van der Waals surface area (Å²) in [5, 5.41) is 8.69. The summed E-state index contributed by atoms with van der Waals surface area (Å²) in [7, 11) is 1.48. The zero-order valence-electron chi connectivity index (χ0n) is 13.8. The molecule has 0 aromatic rings. The molecule has 0 spiro atoms. The lowest BCUT2D eigenvalue weighted by Gasteiger charge is -2.02. The Morgan fingerprint density at radius 1 is 0.708 bits per heavy atom. The van der Waals surface area contributed by atoms with Crippen molar-refractivity contribution in [1.29, 1.82) is 0 Å². The van der Waals surface area contributed by atoms with Crippen molar-refractivity contribution in [2.24, 2.45) is 0 Å². The van der Waals surface area contributed by atoms with Crippen LogP contribution in [0.3, 0.4) is 0 Å². The highest BCUT2D eigenvalue weighted by Crippen LogP contribution is 1.85. The van der Waals surface area contributed by atoms with Gasteiger partial charge in [0.15, 0.2) is 0 Å². The van der Waals surface area contributed by atoms with Gasteiger partial charge in [-0.05, 0) is 0 Å². The molecule has 0 aliphatic heterocycles. The molecule has 144 valence electrons. The number of methoxy groups -OCH3 is 1. The molecule has 0 fully saturated rings. The molecule has 1 atom stereocenters. The zero-order valence-corrected chi connectivity index (χ0v) is 13.8. The Kier molecular flexibility index (Phi) is 1120. The van der Waals surface area contributed by atoms with Gasteiger partial charge in [-0.25, -0.2) is 0 Å². The lowest BCUT2D eigenvalue weighted by molar-refractivity contribution is -0.110. The molecule has 24 heavy (non-hydrogen) atoms. The third-order valence-electron chi connectivity index (χ3n) is 0.727. The summed E-state index contributed by atoms with van der Waals surface area (Å²) in [6.07, 6.45) is 0.204. The molecule has 0 saturated heterocycles. The molecule has 0 saturated carbocycles. The molecule has 1 unspecified atom stereocenters. The summed E-state index contributed by atoms with van der Waals surface area (Å²) in [6.45, 7) is 16.2. The van der Waals surface area contributed by atoms with Crippen LogP contribution in [-0.4, -0.2) is 85.5 Å². The molecule has 0 aromatic heterocycles. The van der Waals surface area contributed by atoms with Crippen LogP contribution < -0.4 is 0 Å². The Labute approximate surface area is 141 Å². The second-order valence-electron chi connectivity index (χ2n) is 1.51. The van der Waals surface area contributed by atoms with Crippen LogP contribution in [0.2, 0.25) is 0 Å². The average Bonchev–Trinajstić information content (AvgIpc) is 2.74. The number of aliphatic hydroxyl groups excluding tert-OH is 1. The molecule has 0 bridgehead atoms. The zero-order chi connectivity index (χ0) is 22.4. The summed E-state index contributed by atoms with van der Waals surface area (Å²) in [4.78, 5) is 73.7. The van der Waals surface area contributed by atoms with E-state index in [1.807, 2.05) is 54.3 Å². The van der Waals surface area contributed by atoms with E-state index in [0.717, 1.165) is 0 Å². The smallest absolute Gasteiger partial charge is 0.122 e. The summed E-state index contributed by atoms with van der Waals surface area (Å²) in [5.41, 5.74) is 0. The largest absolute Gasteiger partial charge is 0.390 e. The molecule has 0 amide bonds. The number of carbonyl (C=O) groups is 9. The van der Waals surface area contributed by atoms with Gasteiger partial charge < -0.3 is 53.0 Å². The van der Waals surface area contributed by atoms with Crippen LogP contribution in [0, 0.1) is 0 Å². The molecular formula is C13H26O11. The lowest BCUT2D eigenvalue weighted by atomic mass is 10.3.